The van der Waals surface area contributed by atoms with Crippen LogP contribution in [0.25, 0.3) is 17.4 Å². The largest absolute Gasteiger partial charge is 0.457 e. The number of non-ortho nitro benzene ring substituents is 1. The zero-order chi connectivity index (χ0) is 21.4. The summed E-state index contributed by atoms with van der Waals surface area (Å²) in [5, 5.41) is 11.0. The number of furan rings is 1. The van der Waals surface area contributed by atoms with Crippen molar-refractivity contribution < 1.29 is 18.5 Å². The highest BCUT2D eigenvalue weighted by Gasteiger charge is 2.34. The standard InChI is InChI=1S/C20H10ClFN2O4S2/c21-15-8-11(4-6-16(15)22)17-7-5-14(28-17)10-18-19(25)23(20(29)30-18)12-2-1-3-13(9-12)24(26)27/h1-10H/b18-10+. The maximum atomic E-state index is 13.3. The van der Waals surface area contributed by atoms with Crippen molar-refractivity contribution in [3.8, 4) is 11.3 Å². The maximum absolute atomic E-state index is 13.3. The number of carbonyl (C=O) groups is 1. The minimum Gasteiger partial charge on any atom is -0.457 e. The van der Waals surface area contributed by atoms with Crippen LogP contribution in [0.1, 0.15) is 5.76 Å². The van der Waals surface area contributed by atoms with Gasteiger partial charge in [0.15, 0.2) is 4.32 Å². The predicted molar refractivity (Wildman–Crippen MR) is 118 cm³/mol. The molecular formula is C20H10ClFN2O4S2. The fourth-order valence-corrected chi connectivity index (χ4v) is 4.26. The van der Waals surface area contributed by atoms with E-state index in [1.54, 1.807) is 18.2 Å². The highest BCUT2D eigenvalue weighted by molar-refractivity contribution is 8.27. The summed E-state index contributed by atoms with van der Waals surface area (Å²) >= 11 is 12.2. The molecule has 0 atom stereocenters. The summed E-state index contributed by atoms with van der Waals surface area (Å²) in [5.74, 6) is -0.0902. The summed E-state index contributed by atoms with van der Waals surface area (Å²) in [6, 6.07) is 13.2. The Morgan fingerprint density at radius 2 is 2.00 bits per heavy atom. The summed E-state index contributed by atoms with van der Waals surface area (Å²) < 4.78 is 19.3. The third-order valence-corrected chi connectivity index (χ3v) is 5.79. The smallest absolute Gasteiger partial charge is 0.271 e. The molecule has 0 spiro atoms. The van der Waals surface area contributed by atoms with Crippen LogP contribution in [0, 0.1) is 15.9 Å². The monoisotopic (exact) mass is 460 g/mol. The van der Waals surface area contributed by atoms with Crippen LogP contribution in [0.5, 0.6) is 0 Å². The topological polar surface area (TPSA) is 76.6 Å². The van der Waals surface area contributed by atoms with Crippen molar-refractivity contribution in [2.45, 2.75) is 0 Å². The zero-order valence-corrected chi connectivity index (χ0v) is 17.3. The van der Waals surface area contributed by atoms with Gasteiger partial charge in [-0.05, 0) is 36.4 Å². The number of hydrogen-bond acceptors (Lipinski definition) is 6. The molecule has 6 nitrogen and oxygen atoms in total. The van der Waals surface area contributed by atoms with Gasteiger partial charge in [-0.25, -0.2) is 4.39 Å². The summed E-state index contributed by atoms with van der Waals surface area (Å²) in [7, 11) is 0. The minimum atomic E-state index is -0.539. The summed E-state index contributed by atoms with van der Waals surface area (Å²) in [6.07, 6.45) is 1.53. The van der Waals surface area contributed by atoms with Crippen LogP contribution in [0.3, 0.4) is 0 Å². The molecule has 30 heavy (non-hydrogen) atoms. The molecule has 2 aromatic carbocycles. The van der Waals surface area contributed by atoms with Gasteiger partial charge in [0.25, 0.3) is 11.6 Å². The van der Waals surface area contributed by atoms with Gasteiger partial charge in [-0.3, -0.25) is 19.8 Å². The van der Waals surface area contributed by atoms with Crippen molar-refractivity contribution in [3.63, 3.8) is 0 Å². The molecule has 4 rings (SSSR count). The van der Waals surface area contributed by atoms with Crippen molar-refractivity contribution >= 4 is 63.3 Å². The quantitative estimate of drug-likeness (QED) is 0.204. The number of rotatable bonds is 4. The fourth-order valence-electron chi connectivity index (χ4n) is 2.80. The van der Waals surface area contributed by atoms with Gasteiger partial charge < -0.3 is 4.42 Å². The van der Waals surface area contributed by atoms with E-state index in [0.717, 1.165) is 11.8 Å². The lowest BCUT2D eigenvalue weighted by atomic mass is 10.2. The molecular weight excluding hydrogens is 451 g/mol. The molecule has 2 heterocycles. The first kappa shape index (κ1) is 20.3. The molecule has 0 N–H and O–H groups in total. The third-order valence-electron chi connectivity index (χ3n) is 4.20. The molecule has 1 aromatic heterocycles. The van der Waals surface area contributed by atoms with Crippen molar-refractivity contribution in [2.75, 3.05) is 4.90 Å². The SMILES string of the molecule is O=C1/C(=C\c2ccc(-c3ccc(F)c(Cl)c3)o2)SC(=S)N1c1cccc([N+](=O)[O-])c1. The van der Waals surface area contributed by atoms with E-state index in [1.807, 2.05) is 0 Å². The Morgan fingerprint density at radius 1 is 1.20 bits per heavy atom. The molecule has 3 aromatic rings. The van der Waals surface area contributed by atoms with Gasteiger partial charge in [-0.2, -0.15) is 0 Å². The summed E-state index contributed by atoms with van der Waals surface area (Å²) in [5.41, 5.74) is 0.764. The number of halogens is 2. The number of amides is 1. The first-order valence-electron chi connectivity index (χ1n) is 8.41. The van der Waals surface area contributed by atoms with E-state index in [0.29, 0.717) is 27.7 Å². The lowest BCUT2D eigenvalue weighted by Crippen LogP contribution is -2.27. The molecule has 1 amide bonds. The molecule has 1 fully saturated rings. The van der Waals surface area contributed by atoms with Crippen LogP contribution in [-0.2, 0) is 4.79 Å². The Kier molecular flexibility index (Phi) is 5.42. The Hall–Kier alpha value is -3.01. The molecule has 0 unspecified atom stereocenters. The maximum Gasteiger partial charge on any atom is 0.271 e. The Morgan fingerprint density at radius 3 is 2.73 bits per heavy atom. The lowest BCUT2D eigenvalue weighted by Gasteiger charge is -2.13. The van der Waals surface area contributed by atoms with Crippen LogP contribution in [0.4, 0.5) is 15.8 Å². The second-order valence-electron chi connectivity index (χ2n) is 6.12. The van der Waals surface area contributed by atoms with Crippen LogP contribution in [0.2, 0.25) is 5.02 Å². The number of nitro benzene ring substituents is 1. The molecule has 0 saturated carbocycles. The van der Waals surface area contributed by atoms with Crippen molar-refractivity contribution in [2.24, 2.45) is 0 Å². The van der Waals surface area contributed by atoms with E-state index in [2.05, 4.69) is 0 Å². The molecule has 1 aliphatic rings. The molecule has 150 valence electrons. The highest BCUT2D eigenvalue weighted by Crippen LogP contribution is 2.37. The lowest BCUT2D eigenvalue weighted by molar-refractivity contribution is -0.384. The van der Waals surface area contributed by atoms with Gasteiger partial charge in [0.05, 0.1) is 20.5 Å². The van der Waals surface area contributed by atoms with E-state index in [1.165, 1.54) is 47.4 Å². The normalized spacial score (nSPS) is 15.3. The average Bonchev–Trinajstić information content (AvgIpc) is 3.29. The van der Waals surface area contributed by atoms with E-state index in [-0.39, 0.29) is 15.0 Å². The van der Waals surface area contributed by atoms with Gasteiger partial charge in [0, 0.05) is 23.8 Å². The van der Waals surface area contributed by atoms with Crippen molar-refractivity contribution in [3.05, 3.63) is 86.2 Å². The van der Waals surface area contributed by atoms with Crippen LogP contribution >= 0.6 is 35.6 Å². The van der Waals surface area contributed by atoms with E-state index < -0.39 is 16.6 Å². The van der Waals surface area contributed by atoms with Crippen LogP contribution in [0.15, 0.2) is 63.9 Å². The van der Waals surface area contributed by atoms with Crippen LogP contribution in [-0.4, -0.2) is 15.2 Å². The Labute approximate surface area is 184 Å². The van der Waals surface area contributed by atoms with E-state index >= 15 is 0 Å². The number of carbonyl (C=O) groups excluding carboxylic acids is 1. The first-order chi connectivity index (χ1) is 14.3. The third kappa shape index (κ3) is 3.87. The first-order valence-corrected chi connectivity index (χ1v) is 10.0. The van der Waals surface area contributed by atoms with E-state index in [4.69, 9.17) is 28.2 Å². The second-order valence-corrected chi connectivity index (χ2v) is 8.21. The van der Waals surface area contributed by atoms with Gasteiger partial charge >= 0.3 is 0 Å². The number of thiocarbonyl (C=S) groups is 1. The highest BCUT2D eigenvalue weighted by atomic mass is 35.5. The molecule has 10 heteroatoms. The van der Waals surface area contributed by atoms with Gasteiger partial charge in [-0.1, -0.05) is 41.6 Å². The predicted octanol–water partition coefficient (Wildman–Crippen LogP) is 6.05. The molecule has 0 bridgehead atoms. The number of anilines is 1. The number of benzene rings is 2. The molecule has 1 aliphatic heterocycles. The average molecular weight is 461 g/mol. The summed E-state index contributed by atoms with van der Waals surface area (Å²) in [4.78, 5) is 24.9. The zero-order valence-electron chi connectivity index (χ0n) is 14.9. The fraction of sp³-hybridized carbons (Fsp3) is 0. The number of thioether (sulfide) groups is 1. The second kappa shape index (κ2) is 8.02. The van der Waals surface area contributed by atoms with E-state index in [9.17, 15) is 19.3 Å². The van der Waals surface area contributed by atoms with Crippen molar-refractivity contribution in [1.82, 2.24) is 0 Å². The number of hydrogen-bond donors (Lipinski definition) is 0. The minimum absolute atomic E-state index is 0.0247. The van der Waals surface area contributed by atoms with Crippen molar-refractivity contribution in [1.29, 1.82) is 0 Å². The van der Waals surface area contributed by atoms with Crippen LogP contribution < -0.4 is 4.90 Å². The Bertz CT molecular complexity index is 1240. The molecule has 0 radical (unpaired) electrons. The summed E-state index contributed by atoms with van der Waals surface area (Å²) in [6.45, 7) is 0. The molecule has 1 saturated heterocycles. The Balaban J connectivity index is 1.61. The van der Waals surface area contributed by atoms with Gasteiger partial charge in [0.1, 0.15) is 17.3 Å². The number of nitrogens with zero attached hydrogens (tertiary/aromatic N) is 2. The van der Waals surface area contributed by atoms with Gasteiger partial charge in [0.2, 0.25) is 0 Å². The molecule has 0 aliphatic carbocycles. The number of nitro groups is 1. The van der Waals surface area contributed by atoms with Gasteiger partial charge in [-0.15, -0.1) is 0 Å².